The largest absolute Gasteiger partial charge is 0.369 e. The first-order valence-corrected chi connectivity index (χ1v) is 5.87. The Hall–Kier alpha value is -1.55. The van der Waals surface area contributed by atoms with E-state index in [1.165, 1.54) is 5.56 Å². The van der Waals surface area contributed by atoms with Crippen LogP contribution in [0.15, 0.2) is 24.3 Å². The van der Waals surface area contributed by atoms with Gasteiger partial charge in [-0.25, -0.2) is 0 Å². The van der Waals surface area contributed by atoms with Gasteiger partial charge in [-0.2, -0.15) is 0 Å². The Balaban J connectivity index is 2.85. The molecule has 0 fully saturated rings. The van der Waals surface area contributed by atoms with Gasteiger partial charge in [0.2, 0.25) is 5.91 Å². The molecule has 4 heteroatoms. The highest BCUT2D eigenvalue weighted by molar-refractivity contribution is 5.80. The molecule has 3 N–H and O–H groups in total. The number of likely N-dealkylation sites (N-methyl/N-ethyl adjacent to an activating group) is 2. The molecular formula is C13H21N3O. The van der Waals surface area contributed by atoms with Crippen LogP contribution in [0.3, 0.4) is 0 Å². The van der Waals surface area contributed by atoms with E-state index in [4.69, 9.17) is 5.73 Å². The third-order valence-electron chi connectivity index (χ3n) is 2.93. The molecular weight excluding hydrogens is 214 g/mol. The van der Waals surface area contributed by atoms with Crippen molar-refractivity contribution in [2.45, 2.75) is 19.9 Å². The number of rotatable bonds is 6. The summed E-state index contributed by atoms with van der Waals surface area (Å²) in [5.74, 6) is -0.320. The van der Waals surface area contributed by atoms with Crippen molar-refractivity contribution in [1.29, 1.82) is 0 Å². The highest BCUT2D eigenvalue weighted by atomic mass is 16.1. The zero-order valence-electron chi connectivity index (χ0n) is 10.7. The molecule has 1 aromatic carbocycles. The van der Waals surface area contributed by atoms with Crippen molar-refractivity contribution in [2.24, 2.45) is 5.73 Å². The van der Waals surface area contributed by atoms with Crippen molar-refractivity contribution >= 4 is 11.6 Å². The van der Waals surface area contributed by atoms with Gasteiger partial charge in [-0.1, -0.05) is 18.2 Å². The molecule has 17 heavy (non-hydrogen) atoms. The molecule has 0 radical (unpaired) electrons. The number of carbonyl (C=O) groups is 1. The minimum atomic E-state index is -0.324. The van der Waals surface area contributed by atoms with Gasteiger partial charge in [-0.3, -0.25) is 4.79 Å². The van der Waals surface area contributed by atoms with E-state index in [0.29, 0.717) is 6.54 Å². The van der Waals surface area contributed by atoms with E-state index in [0.717, 1.165) is 12.2 Å². The lowest BCUT2D eigenvalue weighted by atomic mass is 10.1. The summed E-state index contributed by atoms with van der Waals surface area (Å²) in [6, 6.07) is 7.82. The molecule has 0 aliphatic heterocycles. The third-order valence-corrected chi connectivity index (χ3v) is 2.93. The van der Waals surface area contributed by atoms with Gasteiger partial charge < -0.3 is 16.0 Å². The maximum atomic E-state index is 11.2. The molecule has 0 aliphatic rings. The SMILES string of the molecule is CCN(CC(NC)C(N)=O)c1ccccc1C. The zero-order valence-corrected chi connectivity index (χ0v) is 10.7. The van der Waals surface area contributed by atoms with Gasteiger partial charge in [-0.05, 0) is 32.5 Å². The quantitative estimate of drug-likeness (QED) is 0.770. The number of amides is 1. The Bertz CT molecular complexity index is 379. The van der Waals surface area contributed by atoms with Crippen LogP contribution in [-0.2, 0) is 4.79 Å². The lowest BCUT2D eigenvalue weighted by molar-refractivity contribution is -0.119. The molecule has 4 nitrogen and oxygen atoms in total. The molecule has 0 bridgehead atoms. The molecule has 0 spiro atoms. The minimum absolute atomic E-state index is 0.320. The lowest BCUT2D eigenvalue weighted by Gasteiger charge is -2.28. The van der Waals surface area contributed by atoms with Crippen LogP contribution in [0.1, 0.15) is 12.5 Å². The number of anilines is 1. The van der Waals surface area contributed by atoms with Crippen molar-refractivity contribution in [3.8, 4) is 0 Å². The maximum Gasteiger partial charge on any atom is 0.236 e. The van der Waals surface area contributed by atoms with Crippen LogP contribution in [-0.4, -0.2) is 32.1 Å². The van der Waals surface area contributed by atoms with Gasteiger partial charge in [-0.15, -0.1) is 0 Å². The number of hydrogen-bond acceptors (Lipinski definition) is 3. The Morgan fingerprint density at radius 3 is 2.59 bits per heavy atom. The highest BCUT2D eigenvalue weighted by Gasteiger charge is 2.17. The highest BCUT2D eigenvalue weighted by Crippen LogP contribution is 2.19. The van der Waals surface area contributed by atoms with Crippen molar-refractivity contribution in [3.05, 3.63) is 29.8 Å². The maximum absolute atomic E-state index is 11.2. The molecule has 1 amide bonds. The number of nitrogens with one attached hydrogen (secondary N) is 1. The predicted octanol–water partition coefficient (Wildman–Crippen LogP) is 0.895. The topological polar surface area (TPSA) is 58.4 Å². The smallest absolute Gasteiger partial charge is 0.236 e. The third kappa shape index (κ3) is 3.46. The minimum Gasteiger partial charge on any atom is -0.369 e. The fourth-order valence-electron chi connectivity index (χ4n) is 1.86. The van der Waals surface area contributed by atoms with Crippen LogP contribution in [0, 0.1) is 6.92 Å². The van der Waals surface area contributed by atoms with E-state index in [1.807, 2.05) is 12.1 Å². The van der Waals surface area contributed by atoms with Crippen LogP contribution in [0.5, 0.6) is 0 Å². The van der Waals surface area contributed by atoms with Crippen molar-refractivity contribution < 1.29 is 4.79 Å². The van der Waals surface area contributed by atoms with Gasteiger partial charge >= 0.3 is 0 Å². The molecule has 0 aliphatic carbocycles. The van der Waals surface area contributed by atoms with Crippen LogP contribution >= 0.6 is 0 Å². The molecule has 0 saturated heterocycles. The Morgan fingerprint density at radius 2 is 2.12 bits per heavy atom. The summed E-state index contributed by atoms with van der Waals surface area (Å²) >= 11 is 0. The summed E-state index contributed by atoms with van der Waals surface area (Å²) in [6.45, 7) is 5.57. The number of hydrogen-bond donors (Lipinski definition) is 2. The monoisotopic (exact) mass is 235 g/mol. The fourth-order valence-corrected chi connectivity index (χ4v) is 1.86. The molecule has 0 saturated carbocycles. The fraction of sp³-hybridized carbons (Fsp3) is 0.462. The molecule has 1 atom stereocenters. The number of nitrogens with zero attached hydrogens (tertiary/aromatic N) is 1. The summed E-state index contributed by atoms with van der Waals surface area (Å²) in [4.78, 5) is 13.4. The first kappa shape index (κ1) is 13.5. The predicted molar refractivity (Wildman–Crippen MR) is 71.1 cm³/mol. The number of carbonyl (C=O) groups excluding carboxylic acids is 1. The van der Waals surface area contributed by atoms with Crippen molar-refractivity contribution in [3.63, 3.8) is 0 Å². The average molecular weight is 235 g/mol. The van der Waals surface area contributed by atoms with E-state index in [-0.39, 0.29) is 11.9 Å². The Labute approximate surface area is 103 Å². The number of benzene rings is 1. The normalized spacial score (nSPS) is 12.2. The second-order valence-electron chi connectivity index (χ2n) is 4.07. The van der Waals surface area contributed by atoms with Crippen LogP contribution in [0.4, 0.5) is 5.69 Å². The summed E-state index contributed by atoms with van der Waals surface area (Å²) in [6.07, 6.45) is 0. The Kier molecular flexibility index (Phi) is 4.97. The van der Waals surface area contributed by atoms with E-state index in [2.05, 4.69) is 36.2 Å². The number of primary amides is 1. The molecule has 94 valence electrons. The Morgan fingerprint density at radius 1 is 1.47 bits per heavy atom. The second kappa shape index (κ2) is 6.25. The molecule has 1 unspecified atom stereocenters. The van der Waals surface area contributed by atoms with Gasteiger partial charge in [0.05, 0.1) is 0 Å². The lowest BCUT2D eigenvalue weighted by Crippen LogP contribution is -2.48. The van der Waals surface area contributed by atoms with E-state index in [9.17, 15) is 4.79 Å². The summed E-state index contributed by atoms with van der Waals surface area (Å²) in [7, 11) is 1.75. The standard InChI is InChI=1S/C13H21N3O/c1-4-16(9-11(15-3)13(14)17)12-8-6-5-7-10(12)2/h5-8,11,15H,4,9H2,1-3H3,(H2,14,17). The van der Waals surface area contributed by atoms with Crippen LogP contribution in [0.2, 0.25) is 0 Å². The van der Waals surface area contributed by atoms with Gasteiger partial charge in [0.1, 0.15) is 6.04 Å². The zero-order chi connectivity index (χ0) is 12.8. The van der Waals surface area contributed by atoms with Crippen LogP contribution in [0.25, 0.3) is 0 Å². The molecule has 1 rings (SSSR count). The van der Waals surface area contributed by atoms with Gasteiger partial charge in [0.25, 0.3) is 0 Å². The molecule has 0 heterocycles. The first-order chi connectivity index (χ1) is 8.10. The number of nitrogens with two attached hydrogens (primary N) is 1. The van der Waals surface area contributed by atoms with Crippen molar-refractivity contribution in [1.82, 2.24) is 5.32 Å². The first-order valence-electron chi connectivity index (χ1n) is 5.87. The molecule has 0 aromatic heterocycles. The number of para-hydroxylation sites is 1. The van der Waals surface area contributed by atoms with Gasteiger partial charge in [0, 0.05) is 18.8 Å². The second-order valence-corrected chi connectivity index (χ2v) is 4.07. The molecule has 1 aromatic rings. The van der Waals surface area contributed by atoms with Crippen LogP contribution < -0.4 is 16.0 Å². The summed E-state index contributed by atoms with van der Waals surface area (Å²) < 4.78 is 0. The van der Waals surface area contributed by atoms with E-state index in [1.54, 1.807) is 7.05 Å². The van der Waals surface area contributed by atoms with Gasteiger partial charge in [0.15, 0.2) is 0 Å². The van der Waals surface area contributed by atoms with E-state index < -0.39 is 0 Å². The summed E-state index contributed by atoms with van der Waals surface area (Å²) in [5.41, 5.74) is 7.69. The van der Waals surface area contributed by atoms with E-state index >= 15 is 0 Å². The number of aryl methyl sites for hydroxylation is 1. The summed E-state index contributed by atoms with van der Waals surface area (Å²) in [5, 5.41) is 2.94. The van der Waals surface area contributed by atoms with Crippen molar-refractivity contribution in [2.75, 3.05) is 25.0 Å². The average Bonchev–Trinajstić information content (AvgIpc) is 2.31.